The van der Waals surface area contributed by atoms with Gasteiger partial charge < -0.3 is 5.32 Å². The number of pyridine rings is 1. The van der Waals surface area contributed by atoms with Crippen LogP contribution in [0.3, 0.4) is 0 Å². The van der Waals surface area contributed by atoms with Crippen LogP contribution >= 0.6 is 0 Å². The van der Waals surface area contributed by atoms with E-state index >= 15 is 0 Å². The van der Waals surface area contributed by atoms with E-state index in [0.29, 0.717) is 5.56 Å². The molecule has 0 atom stereocenters. The van der Waals surface area contributed by atoms with Gasteiger partial charge in [-0.25, -0.2) is 18.1 Å². The fourth-order valence-electron chi connectivity index (χ4n) is 2.00. The molecule has 5 nitrogen and oxygen atoms in total. The molecule has 2 rings (SSSR count). The second-order valence-electron chi connectivity index (χ2n) is 5.02. The smallest absolute Gasteiger partial charge is 0.366 e. The van der Waals surface area contributed by atoms with E-state index in [1.54, 1.807) is 24.3 Å². The van der Waals surface area contributed by atoms with Gasteiger partial charge in [0.1, 0.15) is 5.82 Å². The van der Waals surface area contributed by atoms with Crippen LogP contribution in [0.1, 0.15) is 16.7 Å². The number of halogens is 3. The Morgan fingerprint density at radius 1 is 1.08 bits per heavy atom. The minimum absolute atomic E-state index is 0.179. The van der Waals surface area contributed by atoms with Gasteiger partial charge in [-0.15, -0.1) is 0 Å². The number of anilines is 1. The molecule has 9 heteroatoms. The topological polar surface area (TPSA) is 71.1 Å². The predicted octanol–water partition coefficient (Wildman–Crippen LogP) is 2.76. The molecule has 0 aliphatic carbocycles. The first-order valence-corrected chi connectivity index (χ1v) is 8.61. The molecule has 24 heavy (non-hydrogen) atoms. The molecule has 0 fully saturated rings. The molecule has 1 heterocycles. The molecule has 1 aromatic heterocycles. The van der Waals surface area contributed by atoms with Gasteiger partial charge >= 0.3 is 6.18 Å². The van der Waals surface area contributed by atoms with E-state index in [1.165, 1.54) is 13.1 Å². The largest absolute Gasteiger partial charge is 0.417 e. The molecule has 0 radical (unpaired) electrons. The number of rotatable bonds is 6. The fourth-order valence-corrected chi connectivity index (χ4v) is 2.83. The molecule has 0 amide bonds. The number of nitrogens with zero attached hydrogens (tertiary/aromatic N) is 1. The van der Waals surface area contributed by atoms with Crippen LogP contribution in [0.5, 0.6) is 0 Å². The Morgan fingerprint density at radius 2 is 1.75 bits per heavy atom. The number of hydrogen-bond acceptors (Lipinski definition) is 4. The highest BCUT2D eigenvalue weighted by Gasteiger charge is 2.30. The summed E-state index contributed by atoms with van der Waals surface area (Å²) in [5.74, 6) is 0.0937. The van der Waals surface area contributed by atoms with Gasteiger partial charge in [-0.1, -0.05) is 24.3 Å². The summed E-state index contributed by atoms with van der Waals surface area (Å²) in [6.07, 6.45) is -3.68. The van der Waals surface area contributed by atoms with Gasteiger partial charge in [0, 0.05) is 12.7 Å². The Morgan fingerprint density at radius 3 is 2.29 bits per heavy atom. The van der Waals surface area contributed by atoms with E-state index in [-0.39, 0.29) is 18.1 Å². The Hall–Kier alpha value is -2.13. The highest BCUT2D eigenvalue weighted by Crippen LogP contribution is 2.28. The summed E-state index contributed by atoms with van der Waals surface area (Å²) in [6, 6.07) is 9.08. The Bertz CT molecular complexity index is 790. The summed E-state index contributed by atoms with van der Waals surface area (Å²) in [6.45, 7) is 0.244. The van der Waals surface area contributed by atoms with Crippen LogP contribution in [0.15, 0.2) is 42.6 Å². The average Bonchev–Trinajstić information content (AvgIpc) is 2.53. The number of sulfonamides is 1. The van der Waals surface area contributed by atoms with E-state index in [0.717, 1.165) is 17.8 Å². The third-order valence-electron chi connectivity index (χ3n) is 3.33. The molecule has 2 aromatic rings. The normalized spacial score (nSPS) is 12.2. The monoisotopic (exact) mass is 359 g/mol. The Labute approximate surface area is 138 Å². The Balaban J connectivity index is 2.10. The van der Waals surface area contributed by atoms with Crippen molar-refractivity contribution in [2.24, 2.45) is 0 Å². The van der Waals surface area contributed by atoms with Gasteiger partial charge in [0.2, 0.25) is 10.0 Å². The fraction of sp³-hybridized carbons (Fsp3) is 0.267. The van der Waals surface area contributed by atoms with Gasteiger partial charge in [0.05, 0.1) is 11.3 Å². The lowest BCUT2D eigenvalue weighted by Gasteiger charge is -2.12. The first-order chi connectivity index (χ1) is 11.2. The lowest BCUT2D eigenvalue weighted by Crippen LogP contribution is -2.21. The first-order valence-electron chi connectivity index (χ1n) is 6.96. The zero-order valence-corrected chi connectivity index (χ0v) is 13.6. The van der Waals surface area contributed by atoms with Crippen LogP contribution < -0.4 is 10.0 Å². The van der Waals surface area contributed by atoms with Crippen LogP contribution in [0.25, 0.3) is 0 Å². The highest BCUT2D eigenvalue weighted by atomic mass is 32.2. The molecule has 2 N–H and O–H groups in total. The van der Waals surface area contributed by atoms with Crippen molar-refractivity contribution >= 4 is 15.8 Å². The van der Waals surface area contributed by atoms with E-state index in [9.17, 15) is 21.6 Å². The zero-order chi connectivity index (χ0) is 17.8. The average molecular weight is 359 g/mol. The van der Waals surface area contributed by atoms with Crippen LogP contribution in [0.4, 0.5) is 19.0 Å². The summed E-state index contributed by atoms with van der Waals surface area (Å²) >= 11 is 0. The Kier molecular flexibility index (Phi) is 5.45. The first kappa shape index (κ1) is 18.2. The van der Waals surface area contributed by atoms with Gasteiger partial charge in [0.25, 0.3) is 0 Å². The quantitative estimate of drug-likeness (QED) is 0.832. The van der Waals surface area contributed by atoms with Crippen LogP contribution in [0, 0.1) is 0 Å². The minimum Gasteiger partial charge on any atom is -0.366 e. The highest BCUT2D eigenvalue weighted by molar-refractivity contribution is 7.88. The molecule has 0 saturated heterocycles. The summed E-state index contributed by atoms with van der Waals surface area (Å²) in [5.41, 5.74) is 0.498. The molecule has 130 valence electrons. The van der Waals surface area contributed by atoms with Crippen molar-refractivity contribution in [1.29, 1.82) is 0 Å². The maximum absolute atomic E-state index is 12.5. The van der Waals surface area contributed by atoms with Crippen molar-refractivity contribution in [3.05, 3.63) is 59.3 Å². The van der Waals surface area contributed by atoms with Crippen LogP contribution in [-0.4, -0.2) is 20.4 Å². The SMILES string of the molecule is CNS(=O)(=O)Cc1ccccc1CNc1ccc(C(F)(F)F)cn1. The number of alkyl halides is 3. The maximum atomic E-state index is 12.5. The molecule has 0 spiro atoms. The summed E-state index contributed by atoms with van der Waals surface area (Å²) in [7, 11) is -2.08. The van der Waals surface area contributed by atoms with Crippen molar-refractivity contribution in [1.82, 2.24) is 9.71 Å². The molecule has 0 bridgehead atoms. The van der Waals surface area contributed by atoms with Gasteiger partial charge in [0.15, 0.2) is 0 Å². The standard InChI is InChI=1S/C15H16F3N3O2S/c1-19-24(22,23)10-12-5-3-2-4-11(12)8-20-14-7-6-13(9-21-14)15(16,17)18/h2-7,9,19H,8,10H2,1H3,(H,20,21). The third-order valence-corrected chi connectivity index (χ3v) is 4.64. The zero-order valence-electron chi connectivity index (χ0n) is 12.8. The summed E-state index contributed by atoms with van der Waals surface area (Å²) in [4.78, 5) is 3.72. The van der Waals surface area contributed by atoms with Crippen molar-refractivity contribution in [3.63, 3.8) is 0 Å². The van der Waals surface area contributed by atoms with Gasteiger partial charge in [-0.05, 0) is 30.3 Å². The van der Waals surface area contributed by atoms with E-state index in [1.807, 2.05) is 0 Å². The molecule has 0 aliphatic heterocycles. The van der Waals surface area contributed by atoms with Crippen molar-refractivity contribution < 1.29 is 21.6 Å². The third kappa shape index (κ3) is 4.93. The van der Waals surface area contributed by atoms with Crippen molar-refractivity contribution in [3.8, 4) is 0 Å². The number of hydrogen-bond donors (Lipinski definition) is 2. The number of benzene rings is 1. The number of nitrogens with one attached hydrogen (secondary N) is 2. The maximum Gasteiger partial charge on any atom is 0.417 e. The van der Waals surface area contributed by atoms with Gasteiger partial charge in [-0.2, -0.15) is 13.2 Å². The second-order valence-corrected chi connectivity index (χ2v) is 6.94. The lowest BCUT2D eigenvalue weighted by atomic mass is 10.1. The molecule has 1 aromatic carbocycles. The minimum atomic E-state index is -4.43. The predicted molar refractivity (Wildman–Crippen MR) is 84.7 cm³/mol. The summed E-state index contributed by atoms with van der Waals surface area (Å²) < 4.78 is 63.1. The number of aromatic nitrogens is 1. The van der Waals surface area contributed by atoms with Crippen LogP contribution in [0.2, 0.25) is 0 Å². The van der Waals surface area contributed by atoms with Crippen LogP contribution in [-0.2, 0) is 28.5 Å². The molecule has 0 unspecified atom stereocenters. The molecule has 0 saturated carbocycles. The molecular weight excluding hydrogens is 343 g/mol. The molecule has 0 aliphatic rings. The van der Waals surface area contributed by atoms with E-state index in [4.69, 9.17) is 0 Å². The van der Waals surface area contributed by atoms with E-state index < -0.39 is 21.8 Å². The second kappa shape index (κ2) is 7.18. The summed E-state index contributed by atoms with van der Waals surface area (Å²) in [5, 5.41) is 2.89. The molecular formula is C15H16F3N3O2S. The van der Waals surface area contributed by atoms with E-state index in [2.05, 4.69) is 15.0 Å². The van der Waals surface area contributed by atoms with Crippen molar-refractivity contribution in [2.75, 3.05) is 12.4 Å². The van der Waals surface area contributed by atoms with Gasteiger partial charge in [-0.3, -0.25) is 0 Å². The lowest BCUT2D eigenvalue weighted by molar-refractivity contribution is -0.137. The van der Waals surface area contributed by atoms with Crippen molar-refractivity contribution in [2.45, 2.75) is 18.5 Å².